The van der Waals surface area contributed by atoms with Gasteiger partial charge in [0.15, 0.2) is 0 Å². The molecule has 4 nitrogen and oxygen atoms in total. The molecule has 2 aromatic heterocycles. The minimum absolute atomic E-state index is 0.000494. The summed E-state index contributed by atoms with van der Waals surface area (Å²) in [6, 6.07) is 7.29. The molecule has 2 aromatic rings. The Bertz CT molecular complexity index is 585. The monoisotopic (exact) mass is 244 g/mol. The smallest absolute Gasteiger partial charge is 0.258 e. The topological polar surface area (TPSA) is 44.1 Å². The lowest BCUT2D eigenvalue weighted by atomic mass is 10.1. The van der Waals surface area contributed by atoms with Crippen LogP contribution in [0.15, 0.2) is 41.5 Å². The molecule has 0 radical (unpaired) electrons. The molecule has 0 aromatic carbocycles. The third-order valence-electron chi connectivity index (χ3n) is 2.81. The van der Waals surface area contributed by atoms with Crippen LogP contribution in [-0.4, -0.2) is 16.7 Å². The number of rotatable bonds is 3. The SMILES string of the molecule is COc1ccc(-n2cccc(C(C)C)c2=O)cn1. The first-order valence-electron chi connectivity index (χ1n) is 5.85. The second kappa shape index (κ2) is 5.04. The van der Waals surface area contributed by atoms with Crippen LogP contribution in [0, 0.1) is 0 Å². The maximum Gasteiger partial charge on any atom is 0.258 e. The fourth-order valence-electron chi connectivity index (χ4n) is 1.79. The maximum absolute atomic E-state index is 12.3. The van der Waals surface area contributed by atoms with Gasteiger partial charge in [-0.05, 0) is 18.1 Å². The van der Waals surface area contributed by atoms with Crippen molar-refractivity contribution >= 4 is 0 Å². The van der Waals surface area contributed by atoms with Gasteiger partial charge in [-0.2, -0.15) is 0 Å². The molecule has 0 aliphatic heterocycles. The third-order valence-corrected chi connectivity index (χ3v) is 2.81. The Kier molecular flexibility index (Phi) is 3.46. The van der Waals surface area contributed by atoms with Crippen LogP contribution in [-0.2, 0) is 0 Å². The van der Waals surface area contributed by atoms with Gasteiger partial charge in [0.25, 0.3) is 5.56 Å². The van der Waals surface area contributed by atoms with Gasteiger partial charge in [0.1, 0.15) is 0 Å². The lowest BCUT2D eigenvalue weighted by molar-refractivity contribution is 0.398. The highest BCUT2D eigenvalue weighted by Crippen LogP contribution is 2.12. The number of hydrogen-bond acceptors (Lipinski definition) is 3. The lowest BCUT2D eigenvalue weighted by Gasteiger charge is -2.10. The molecule has 0 saturated heterocycles. The molecule has 0 aliphatic rings. The normalized spacial score (nSPS) is 10.7. The summed E-state index contributed by atoms with van der Waals surface area (Å²) in [6.45, 7) is 4.01. The Morgan fingerprint density at radius 3 is 2.61 bits per heavy atom. The largest absolute Gasteiger partial charge is 0.481 e. The van der Waals surface area contributed by atoms with Gasteiger partial charge in [-0.15, -0.1) is 0 Å². The van der Waals surface area contributed by atoms with Crippen molar-refractivity contribution in [1.29, 1.82) is 0 Å². The quantitative estimate of drug-likeness (QED) is 0.832. The molecule has 0 atom stereocenters. The maximum atomic E-state index is 12.3. The van der Waals surface area contributed by atoms with E-state index in [0.29, 0.717) is 5.88 Å². The van der Waals surface area contributed by atoms with E-state index in [-0.39, 0.29) is 11.5 Å². The lowest BCUT2D eigenvalue weighted by Crippen LogP contribution is -2.22. The highest BCUT2D eigenvalue weighted by atomic mass is 16.5. The second-order valence-electron chi connectivity index (χ2n) is 4.35. The van der Waals surface area contributed by atoms with E-state index in [1.165, 1.54) is 0 Å². The summed E-state index contributed by atoms with van der Waals surface area (Å²) >= 11 is 0. The van der Waals surface area contributed by atoms with Gasteiger partial charge < -0.3 is 4.74 Å². The standard InChI is InChI=1S/C14H16N2O2/c1-10(2)12-5-4-8-16(14(12)17)11-6-7-13(18-3)15-9-11/h4-10H,1-3H3. The third kappa shape index (κ3) is 2.27. The fraction of sp³-hybridized carbons (Fsp3) is 0.286. The minimum atomic E-state index is -0.000494. The van der Waals surface area contributed by atoms with Crippen LogP contribution in [0.4, 0.5) is 0 Å². The van der Waals surface area contributed by atoms with Crippen LogP contribution in [0.2, 0.25) is 0 Å². The fourth-order valence-corrected chi connectivity index (χ4v) is 1.79. The van der Waals surface area contributed by atoms with Crippen LogP contribution in [0.1, 0.15) is 25.3 Å². The summed E-state index contributed by atoms with van der Waals surface area (Å²) in [5.74, 6) is 0.739. The van der Waals surface area contributed by atoms with E-state index in [2.05, 4.69) is 4.98 Å². The second-order valence-corrected chi connectivity index (χ2v) is 4.35. The summed E-state index contributed by atoms with van der Waals surface area (Å²) < 4.78 is 6.60. The average molecular weight is 244 g/mol. The summed E-state index contributed by atoms with van der Waals surface area (Å²) in [7, 11) is 1.56. The van der Waals surface area contributed by atoms with Crippen molar-refractivity contribution in [1.82, 2.24) is 9.55 Å². The number of methoxy groups -OCH3 is 1. The molecule has 0 bridgehead atoms. The van der Waals surface area contributed by atoms with Crippen LogP contribution < -0.4 is 10.3 Å². The Balaban J connectivity index is 2.50. The van der Waals surface area contributed by atoms with E-state index >= 15 is 0 Å². The molecular weight excluding hydrogens is 228 g/mol. The molecule has 0 saturated carbocycles. The highest BCUT2D eigenvalue weighted by Gasteiger charge is 2.08. The summed E-state index contributed by atoms with van der Waals surface area (Å²) in [4.78, 5) is 16.4. The van der Waals surface area contributed by atoms with Crippen LogP contribution in [0.3, 0.4) is 0 Å². The predicted octanol–water partition coefficient (Wildman–Crippen LogP) is 2.36. The molecule has 0 spiro atoms. The Hall–Kier alpha value is -2.10. The molecule has 0 N–H and O–H groups in total. The number of hydrogen-bond donors (Lipinski definition) is 0. The highest BCUT2D eigenvalue weighted by molar-refractivity contribution is 5.33. The van der Waals surface area contributed by atoms with Crippen molar-refractivity contribution in [2.24, 2.45) is 0 Å². The van der Waals surface area contributed by atoms with E-state index in [4.69, 9.17) is 4.74 Å². The molecule has 4 heteroatoms. The van der Waals surface area contributed by atoms with E-state index in [1.54, 1.807) is 30.1 Å². The van der Waals surface area contributed by atoms with Crippen molar-refractivity contribution in [2.75, 3.05) is 7.11 Å². The van der Waals surface area contributed by atoms with Gasteiger partial charge in [0, 0.05) is 17.8 Å². The van der Waals surface area contributed by atoms with Gasteiger partial charge in [-0.1, -0.05) is 19.9 Å². The molecule has 0 fully saturated rings. The zero-order valence-corrected chi connectivity index (χ0v) is 10.8. The van der Waals surface area contributed by atoms with Crippen LogP contribution in [0.5, 0.6) is 5.88 Å². The Morgan fingerprint density at radius 1 is 1.28 bits per heavy atom. The van der Waals surface area contributed by atoms with Gasteiger partial charge in [-0.25, -0.2) is 4.98 Å². The van der Waals surface area contributed by atoms with Gasteiger partial charge in [0.2, 0.25) is 5.88 Å². The zero-order valence-electron chi connectivity index (χ0n) is 10.8. The van der Waals surface area contributed by atoms with E-state index in [0.717, 1.165) is 11.3 Å². The van der Waals surface area contributed by atoms with Crippen molar-refractivity contribution < 1.29 is 4.74 Å². The first-order valence-corrected chi connectivity index (χ1v) is 5.85. The van der Waals surface area contributed by atoms with Crippen molar-refractivity contribution in [3.8, 4) is 11.6 Å². The van der Waals surface area contributed by atoms with Crippen LogP contribution in [0.25, 0.3) is 5.69 Å². The Morgan fingerprint density at radius 2 is 2.06 bits per heavy atom. The van der Waals surface area contributed by atoms with Crippen molar-refractivity contribution in [2.45, 2.75) is 19.8 Å². The predicted molar refractivity (Wildman–Crippen MR) is 70.5 cm³/mol. The number of ether oxygens (including phenoxy) is 1. The molecule has 18 heavy (non-hydrogen) atoms. The van der Waals surface area contributed by atoms with E-state index in [9.17, 15) is 4.79 Å². The van der Waals surface area contributed by atoms with Gasteiger partial charge in [0.05, 0.1) is 19.0 Å². The zero-order chi connectivity index (χ0) is 13.1. The van der Waals surface area contributed by atoms with Crippen molar-refractivity contribution in [3.63, 3.8) is 0 Å². The Labute approximate surface area is 106 Å². The van der Waals surface area contributed by atoms with E-state index < -0.39 is 0 Å². The molecule has 0 aliphatic carbocycles. The molecule has 94 valence electrons. The summed E-state index contributed by atoms with van der Waals surface area (Å²) in [5, 5.41) is 0. The molecule has 0 amide bonds. The number of nitrogens with zero attached hydrogens (tertiary/aromatic N) is 2. The van der Waals surface area contributed by atoms with Gasteiger partial charge >= 0.3 is 0 Å². The summed E-state index contributed by atoms with van der Waals surface area (Å²) in [5.41, 5.74) is 1.54. The van der Waals surface area contributed by atoms with E-state index in [1.807, 2.05) is 32.0 Å². The molecular formula is C14H16N2O2. The van der Waals surface area contributed by atoms with Gasteiger partial charge in [-0.3, -0.25) is 9.36 Å². The molecule has 2 rings (SSSR count). The average Bonchev–Trinajstić information content (AvgIpc) is 2.39. The minimum Gasteiger partial charge on any atom is -0.481 e. The number of aromatic nitrogens is 2. The summed E-state index contributed by atoms with van der Waals surface area (Å²) in [6.07, 6.45) is 3.38. The first kappa shape index (κ1) is 12.4. The first-order chi connectivity index (χ1) is 8.63. The molecule has 2 heterocycles. The van der Waals surface area contributed by atoms with Crippen LogP contribution >= 0.6 is 0 Å². The molecule has 0 unspecified atom stereocenters. The van der Waals surface area contributed by atoms with Crippen molar-refractivity contribution in [3.05, 3.63) is 52.6 Å². The number of pyridine rings is 2.